The van der Waals surface area contributed by atoms with Crippen molar-refractivity contribution in [2.24, 2.45) is 0 Å². The number of rotatable bonds is 1. The summed E-state index contributed by atoms with van der Waals surface area (Å²) >= 11 is 0. The van der Waals surface area contributed by atoms with E-state index in [1.165, 1.54) is 5.56 Å². The second-order valence-corrected chi connectivity index (χ2v) is 5.11. The number of carbonyl (C=O) groups is 1. The van der Waals surface area contributed by atoms with Gasteiger partial charge in [-0.2, -0.15) is 5.10 Å². The van der Waals surface area contributed by atoms with E-state index in [4.69, 9.17) is 0 Å². The predicted octanol–water partition coefficient (Wildman–Crippen LogP) is 2.83. The molecule has 16 heavy (non-hydrogen) atoms. The zero-order valence-corrected chi connectivity index (χ0v) is 10.1. The Morgan fingerprint density at radius 2 is 2.06 bits per heavy atom. The Hall–Kier alpha value is -1.64. The third-order valence-electron chi connectivity index (χ3n) is 2.77. The largest absolute Gasteiger partial charge is 0.294 e. The molecule has 0 spiro atoms. The molecule has 84 valence electrons. The molecule has 0 N–H and O–H groups in total. The average molecular weight is 216 g/mol. The van der Waals surface area contributed by atoms with Crippen molar-refractivity contribution in [2.45, 2.75) is 33.1 Å². The van der Waals surface area contributed by atoms with Crippen molar-refractivity contribution in [1.29, 1.82) is 0 Å². The number of Topliss-reactive ketones (excluding diaryl/α,β-unsaturated/α-hetero) is 1. The molecule has 0 aliphatic rings. The Bertz CT molecular complexity index is 547. The first-order valence-electron chi connectivity index (χ1n) is 5.38. The molecule has 0 aliphatic carbocycles. The number of nitrogens with zero attached hydrogens (tertiary/aromatic N) is 2. The van der Waals surface area contributed by atoms with Crippen molar-refractivity contribution in [3.05, 3.63) is 35.7 Å². The predicted molar refractivity (Wildman–Crippen MR) is 63.9 cm³/mol. The van der Waals surface area contributed by atoms with Gasteiger partial charge in [-0.15, -0.1) is 0 Å². The Morgan fingerprint density at radius 3 is 2.62 bits per heavy atom. The maximum Gasteiger partial charge on any atom is 0.163 e. The molecule has 0 aromatic carbocycles. The minimum Gasteiger partial charge on any atom is -0.294 e. The van der Waals surface area contributed by atoms with E-state index in [2.05, 4.69) is 25.9 Å². The molecule has 0 radical (unpaired) electrons. The maximum atomic E-state index is 11.4. The number of carbonyl (C=O) groups excluding carboxylic acids is 1. The second-order valence-electron chi connectivity index (χ2n) is 5.11. The van der Waals surface area contributed by atoms with Crippen LogP contribution < -0.4 is 0 Å². The zero-order chi connectivity index (χ0) is 11.9. The van der Waals surface area contributed by atoms with E-state index in [9.17, 15) is 4.79 Å². The van der Waals surface area contributed by atoms with Gasteiger partial charge in [0.2, 0.25) is 0 Å². The minimum absolute atomic E-state index is 0.0565. The highest BCUT2D eigenvalue weighted by Crippen LogP contribution is 2.24. The van der Waals surface area contributed by atoms with Gasteiger partial charge in [0.1, 0.15) is 0 Å². The topological polar surface area (TPSA) is 34.4 Å². The number of ketones is 1. The highest BCUT2D eigenvalue weighted by Gasteiger charge is 2.16. The summed E-state index contributed by atoms with van der Waals surface area (Å²) in [7, 11) is 0. The molecule has 3 nitrogen and oxygen atoms in total. The third kappa shape index (κ3) is 1.73. The van der Waals surface area contributed by atoms with E-state index in [0.29, 0.717) is 5.56 Å². The summed E-state index contributed by atoms with van der Waals surface area (Å²) in [6.45, 7) is 8.04. The molecular formula is C13H16N2O. The first-order valence-corrected chi connectivity index (χ1v) is 5.38. The van der Waals surface area contributed by atoms with Gasteiger partial charge in [0.15, 0.2) is 5.78 Å². The van der Waals surface area contributed by atoms with Crippen LogP contribution in [0.1, 0.15) is 43.6 Å². The van der Waals surface area contributed by atoms with Gasteiger partial charge in [0.25, 0.3) is 0 Å². The summed E-state index contributed by atoms with van der Waals surface area (Å²) in [5.74, 6) is 0.0565. The molecule has 0 bridgehead atoms. The molecule has 3 heteroatoms. The van der Waals surface area contributed by atoms with Crippen molar-refractivity contribution in [3.63, 3.8) is 0 Å². The van der Waals surface area contributed by atoms with Crippen LogP contribution in [0, 0.1) is 0 Å². The fourth-order valence-corrected chi connectivity index (χ4v) is 1.72. The number of aromatic nitrogens is 2. The van der Waals surface area contributed by atoms with Crippen LogP contribution in [0.25, 0.3) is 5.52 Å². The van der Waals surface area contributed by atoms with Crippen molar-refractivity contribution >= 4 is 11.3 Å². The van der Waals surface area contributed by atoms with Crippen molar-refractivity contribution in [3.8, 4) is 0 Å². The smallest absolute Gasteiger partial charge is 0.163 e. The van der Waals surface area contributed by atoms with E-state index in [-0.39, 0.29) is 11.2 Å². The van der Waals surface area contributed by atoms with Gasteiger partial charge in [-0.25, -0.2) is 4.52 Å². The van der Waals surface area contributed by atoms with Crippen molar-refractivity contribution in [2.75, 3.05) is 0 Å². The first-order chi connectivity index (χ1) is 7.39. The fourth-order valence-electron chi connectivity index (χ4n) is 1.72. The lowest BCUT2D eigenvalue weighted by Crippen LogP contribution is -2.11. The van der Waals surface area contributed by atoms with Gasteiger partial charge >= 0.3 is 0 Å². The fraction of sp³-hybridized carbons (Fsp3) is 0.385. The van der Waals surface area contributed by atoms with Gasteiger partial charge < -0.3 is 0 Å². The highest BCUT2D eigenvalue weighted by molar-refractivity contribution is 6.00. The molecule has 0 saturated heterocycles. The molecule has 0 unspecified atom stereocenters. The minimum atomic E-state index is 0.0565. The normalized spacial score (nSPS) is 12.0. The van der Waals surface area contributed by atoms with E-state index in [0.717, 1.165) is 5.52 Å². The summed E-state index contributed by atoms with van der Waals surface area (Å²) in [5.41, 5.74) is 2.87. The molecule has 0 atom stereocenters. The molecule has 2 aromatic rings. The van der Waals surface area contributed by atoms with E-state index in [1.54, 1.807) is 17.6 Å². The third-order valence-corrected chi connectivity index (χ3v) is 2.77. The lowest BCUT2D eigenvalue weighted by Gasteiger charge is -2.18. The van der Waals surface area contributed by atoms with E-state index < -0.39 is 0 Å². The SMILES string of the molecule is CC(=O)c1cnn2ccc(C(C)(C)C)cc12. The lowest BCUT2D eigenvalue weighted by molar-refractivity contribution is 0.101. The van der Waals surface area contributed by atoms with Gasteiger partial charge in [0.05, 0.1) is 17.3 Å². The summed E-state index contributed by atoms with van der Waals surface area (Å²) in [4.78, 5) is 11.4. The molecule has 2 heterocycles. The monoisotopic (exact) mass is 216 g/mol. The van der Waals surface area contributed by atoms with Crippen LogP contribution in [-0.4, -0.2) is 15.4 Å². The summed E-state index contributed by atoms with van der Waals surface area (Å²) in [6, 6.07) is 4.09. The quantitative estimate of drug-likeness (QED) is 0.687. The molecular weight excluding hydrogens is 200 g/mol. The maximum absolute atomic E-state index is 11.4. The number of fused-ring (bicyclic) bond motifs is 1. The summed E-state index contributed by atoms with van der Waals surface area (Å²) in [5, 5.41) is 4.16. The molecule has 0 fully saturated rings. The van der Waals surface area contributed by atoms with Crippen LogP contribution in [0.5, 0.6) is 0 Å². The van der Waals surface area contributed by atoms with Gasteiger partial charge in [-0.05, 0) is 30.0 Å². The lowest BCUT2D eigenvalue weighted by atomic mass is 9.87. The molecule has 0 aliphatic heterocycles. The number of hydrogen-bond donors (Lipinski definition) is 0. The van der Waals surface area contributed by atoms with Gasteiger partial charge in [0, 0.05) is 6.20 Å². The molecule has 0 amide bonds. The molecule has 2 aromatic heterocycles. The number of pyridine rings is 1. The van der Waals surface area contributed by atoms with Crippen LogP contribution in [-0.2, 0) is 5.41 Å². The van der Waals surface area contributed by atoms with Gasteiger partial charge in [-0.3, -0.25) is 4.79 Å². The molecule has 0 saturated carbocycles. The Kier molecular flexibility index (Phi) is 2.34. The Morgan fingerprint density at radius 1 is 1.38 bits per heavy atom. The van der Waals surface area contributed by atoms with Crippen LogP contribution in [0.4, 0.5) is 0 Å². The van der Waals surface area contributed by atoms with E-state index in [1.807, 2.05) is 18.3 Å². The van der Waals surface area contributed by atoms with Crippen LogP contribution in [0.2, 0.25) is 0 Å². The van der Waals surface area contributed by atoms with Crippen LogP contribution in [0.15, 0.2) is 24.5 Å². The van der Waals surface area contributed by atoms with Crippen molar-refractivity contribution < 1.29 is 4.79 Å². The van der Waals surface area contributed by atoms with Gasteiger partial charge in [-0.1, -0.05) is 20.8 Å². The Labute approximate surface area is 95.1 Å². The van der Waals surface area contributed by atoms with Crippen LogP contribution in [0.3, 0.4) is 0 Å². The highest BCUT2D eigenvalue weighted by atomic mass is 16.1. The summed E-state index contributed by atoms with van der Waals surface area (Å²) in [6.07, 6.45) is 3.53. The zero-order valence-electron chi connectivity index (χ0n) is 10.1. The Balaban J connectivity index is 2.68. The van der Waals surface area contributed by atoms with Crippen LogP contribution >= 0.6 is 0 Å². The standard InChI is InChI=1S/C13H16N2O/c1-9(16)11-8-14-15-6-5-10(7-12(11)15)13(2,3)4/h5-8H,1-4H3. The van der Waals surface area contributed by atoms with E-state index >= 15 is 0 Å². The average Bonchev–Trinajstić information content (AvgIpc) is 2.58. The summed E-state index contributed by atoms with van der Waals surface area (Å²) < 4.78 is 1.74. The van der Waals surface area contributed by atoms with Crippen molar-refractivity contribution in [1.82, 2.24) is 9.61 Å². The molecule has 2 rings (SSSR count). The second kappa shape index (κ2) is 3.44. The first kappa shape index (κ1) is 10.9. The number of hydrogen-bond acceptors (Lipinski definition) is 2.